The van der Waals surface area contributed by atoms with Crippen LogP contribution in [0.2, 0.25) is 0 Å². The second-order valence-corrected chi connectivity index (χ2v) is 10.5. The van der Waals surface area contributed by atoms with Crippen molar-refractivity contribution in [2.75, 3.05) is 31.7 Å². The van der Waals surface area contributed by atoms with E-state index >= 15 is 0 Å². The number of nitrogens with zero attached hydrogens (tertiary/aromatic N) is 4. The first kappa shape index (κ1) is 21.8. The Morgan fingerprint density at radius 2 is 1.94 bits per heavy atom. The number of rotatable bonds is 5. The van der Waals surface area contributed by atoms with Crippen molar-refractivity contribution in [2.45, 2.75) is 29.5 Å². The van der Waals surface area contributed by atoms with E-state index in [9.17, 15) is 27.6 Å². The number of hydrogen-bond acceptors (Lipinski definition) is 9. The van der Waals surface area contributed by atoms with E-state index in [1.165, 1.54) is 18.8 Å². The molecule has 0 aliphatic carbocycles. The third-order valence-corrected chi connectivity index (χ3v) is 8.55. The average Bonchev–Trinajstić information content (AvgIpc) is 3.24. The fraction of sp³-hybridized carbons (Fsp3) is 0.588. The number of amides is 2. The van der Waals surface area contributed by atoms with Gasteiger partial charge < -0.3 is 9.64 Å². The maximum absolute atomic E-state index is 13.2. The van der Waals surface area contributed by atoms with E-state index < -0.39 is 44.1 Å². The lowest BCUT2D eigenvalue weighted by molar-refractivity contribution is -0.161. The number of ether oxygens (including phenoxy) is 1. The highest BCUT2D eigenvalue weighted by molar-refractivity contribution is 7.99. The van der Waals surface area contributed by atoms with Gasteiger partial charge in [0.15, 0.2) is 26.5 Å². The number of H-pyrrole nitrogens is 1. The van der Waals surface area contributed by atoms with Crippen LogP contribution >= 0.6 is 11.8 Å². The lowest BCUT2D eigenvalue weighted by Gasteiger charge is -2.49. The Bertz CT molecular complexity index is 1200. The summed E-state index contributed by atoms with van der Waals surface area (Å²) in [6.07, 6.45) is 0.536. The molecule has 1 aromatic rings. The van der Waals surface area contributed by atoms with Crippen LogP contribution in [0.15, 0.2) is 26.0 Å². The Labute approximate surface area is 181 Å². The molecule has 3 aliphatic rings. The maximum Gasteiger partial charge on any atom is 0.339 e. The van der Waals surface area contributed by atoms with Gasteiger partial charge in [0.25, 0.3) is 11.8 Å². The molecule has 0 bridgehead atoms. The number of nitrogens with one attached hydrogen (secondary N) is 1. The second-order valence-electron chi connectivity index (χ2n) is 7.50. The van der Waals surface area contributed by atoms with Crippen LogP contribution in [0.1, 0.15) is 12.8 Å². The molecular weight excluding hydrogens is 450 g/mol. The van der Waals surface area contributed by atoms with Crippen LogP contribution in [0.25, 0.3) is 0 Å². The zero-order valence-electron chi connectivity index (χ0n) is 16.9. The monoisotopic (exact) mass is 471 g/mol. The summed E-state index contributed by atoms with van der Waals surface area (Å²) in [7, 11) is -1.05. The van der Waals surface area contributed by atoms with Crippen molar-refractivity contribution < 1.29 is 22.7 Å². The molecule has 14 heteroatoms. The van der Waals surface area contributed by atoms with Crippen molar-refractivity contribution in [1.29, 1.82) is 0 Å². The van der Waals surface area contributed by atoms with Gasteiger partial charge in [0.2, 0.25) is 0 Å². The summed E-state index contributed by atoms with van der Waals surface area (Å²) in [5.41, 5.74) is -1.54. The number of hydrogen-bond donors (Lipinski definition) is 1. The fourth-order valence-corrected chi connectivity index (χ4v) is 7.07. The summed E-state index contributed by atoms with van der Waals surface area (Å²) >= 11 is 0.995. The highest BCUT2D eigenvalue weighted by atomic mass is 32.2. The van der Waals surface area contributed by atoms with Gasteiger partial charge in [-0.2, -0.15) is 4.98 Å². The minimum Gasteiger partial charge on any atom is -0.368 e. The van der Waals surface area contributed by atoms with E-state index in [0.717, 1.165) is 29.5 Å². The molecule has 1 N–H and O–H groups in total. The first-order chi connectivity index (χ1) is 14.7. The average molecular weight is 472 g/mol. The van der Waals surface area contributed by atoms with Gasteiger partial charge in [-0.05, 0) is 18.4 Å². The van der Waals surface area contributed by atoms with Crippen molar-refractivity contribution >= 4 is 33.4 Å². The molecule has 168 valence electrons. The third kappa shape index (κ3) is 3.61. The molecule has 0 aromatic carbocycles. The van der Waals surface area contributed by atoms with E-state index in [1.54, 1.807) is 4.90 Å². The van der Waals surface area contributed by atoms with Crippen LogP contribution < -0.4 is 11.1 Å². The molecule has 2 atom stereocenters. The molecule has 2 fully saturated rings. The largest absolute Gasteiger partial charge is 0.368 e. The maximum atomic E-state index is 13.2. The molecule has 0 saturated carbocycles. The molecular formula is C17H21N5O7S2. The lowest BCUT2D eigenvalue weighted by atomic mass is 10.0. The molecule has 12 nitrogen and oxygen atoms in total. The molecule has 31 heavy (non-hydrogen) atoms. The zero-order valence-corrected chi connectivity index (χ0v) is 18.5. The Morgan fingerprint density at radius 1 is 1.26 bits per heavy atom. The Hall–Kier alpha value is -2.45. The summed E-state index contributed by atoms with van der Waals surface area (Å²) < 4.78 is 32.0. The number of likely N-dealkylation sites (tertiary alicyclic amines) is 1. The molecule has 1 aromatic heterocycles. The zero-order chi connectivity index (χ0) is 22.5. The summed E-state index contributed by atoms with van der Waals surface area (Å²) in [6, 6.07) is 0. The highest BCUT2D eigenvalue weighted by Crippen LogP contribution is 2.40. The van der Waals surface area contributed by atoms with Crippen LogP contribution in [0.4, 0.5) is 0 Å². The number of aromatic nitrogens is 3. The molecule has 4 heterocycles. The van der Waals surface area contributed by atoms with E-state index in [1.807, 2.05) is 0 Å². The summed E-state index contributed by atoms with van der Waals surface area (Å²) in [4.78, 5) is 55.2. The van der Waals surface area contributed by atoms with Crippen molar-refractivity contribution in [1.82, 2.24) is 24.6 Å². The smallest absolute Gasteiger partial charge is 0.339 e. The first-order valence-corrected chi connectivity index (χ1v) is 12.2. The van der Waals surface area contributed by atoms with Gasteiger partial charge in [-0.25, -0.2) is 8.42 Å². The number of thioether (sulfide) groups is 1. The molecule has 1 unspecified atom stereocenters. The van der Waals surface area contributed by atoms with Crippen LogP contribution in [0.3, 0.4) is 0 Å². The summed E-state index contributed by atoms with van der Waals surface area (Å²) in [5.74, 6) is -1.38. The fourth-order valence-electron chi connectivity index (χ4n) is 3.98. The number of carbonyl (C=O) groups is 2. The quantitative estimate of drug-likeness (QED) is 0.293. The van der Waals surface area contributed by atoms with E-state index in [0.29, 0.717) is 13.1 Å². The minimum absolute atomic E-state index is 0.00534. The summed E-state index contributed by atoms with van der Waals surface area (Å²) in [5, 5.41) is 1.23. The number of methoxy groups -OCH3 is 1. The molecule has 0 spiro atoms. The first-order valence-electron chi connectivity index (χ1n) is 9.54. The Kier molecular flexibility index (Phi) is 5.55. The highest BCUT2D eigenvalue weighted by Gasteiger charge is 2.60. The summed E-state index contributed by atoms with van der Waals surface area (Å²) in [6.45, 7) is 1.07. The van der Waals surface area contributed by atoms with Gasteiger partial charge >= 0.3 is 11.1 Å². The predicted molar refractivity (Wildman–Crippen MR) is 109 cm³/mol. The third-order valence-electron chi connectivity index (χ3n) is 5.49. The number of carbonyl (C=O) groups excluding carboxylic acids is 2. The van der Waals surface area contributed by atoms with Crippen molar-refractivity contribution in [3.63, 3.8) is 0 Å². The van der Waals surface area contributed by atoms with Crippen molar-refractivity contribution in [3.05, 3.63) is 32.0 Å². The van der Waals surface area contributed by atoms with Crippen LogP contribution in [-0.4, -0.2) is 88.0 Å². The molecule has 4 rings (SSSR count). The van der Waals surface area contributed by atoms with Gasteiger partial charge in [0.05, 0.1) is 5.75 Å². The van der Waals surface area contributed by atoms with Crippen LogP contribution in [0.5, 0.6) is 0 Å². The van der Waals surface area contributed by atoms with E-state index in [4.69, 9.17) is 4.74 Å². The van der Waals surface area contributed by atoms with Crippen molar-refractivity contribution in [3.8, 4) is 0 Å². The lowest BCUT2D eigenvalue weighted by Crippen LogP contribution is -2.71. The SMILES string of the molecule is CO[C@H]1C(=O)N2C(C(=O)N3CCCC3)=C(CSc3nc(=O)c(=O)[nH]n3C)CS(=O)(=O)C12. The number of aryl methyl sites for hydroxylation is 1. The topological polar surface area (TPSA) is 152 Å². The molecule has 2 amide bonds. The number of sulfone groups is 1. The van der Waals surface area contributed by atoms with Gasteiger partial charge in [-0.1, -0.05) is 11.8 Å². The number of aromatic amines is 1. The molecule has 3 aliphatic heterocycles. The van der Waals surface area contributed by atoms with E-state index in [-0.39, 0.29) is 28.1 Å². The Balaban J connectivity index is 1.73. The number of fused-ring (bicyclic) bond motifs is 1. The second kappa shape index (κ2) is 7.91. The van der Waals surface area contributed by atoms with Gasteiger partial charge in [-0.3, -0.25) is 33.9 Å². The van der Waals surface area contributed by atoms with Gasteiger partial charge in [0.1, 0.15) is 5.70 Å². The Morgan fingerprint density at radius 3 is 2.58 bits per heavy atom. The molecule has 2 saturated heterocycles. The minimum atomic E-state index is -3.80. The van der Waals surface area contributed by atoms with Crippen LogP contribution in [-0.2, 0) is 31.2 Å². The normalized spacial score (nSPS) is 24.9. The molecule has 0 radical (unpaired) electrons. The predicted octanol–water partition coefficient (Wildman–Crippen LogP) is -1.95. The standard InChI is InChI=1S/C17H21N5O7S2/c1-20-17(18-12(23)13(24)19-20)30-7-9-8-31(27,28)16-11(29-2)15(26)22(16)10(9)14(25)21-5-3-4-6-21/h11,16H,3-8H2,1-2H3,(H,19,24)/t11-,16?/m0/s1. The van der Waals surface area contributed by atoms with E-state index in [2.05, 4.69) is 10.1 Å². The van der Waals surface area contributed by atoms with Crippen molar-refractivity contribution in [2.24, 2.45) is 7.05 Å². The van der Waals surface area contributed by atoms with Gasteiger partial charge in [-0.15, -0.1) is 0 Å². The number of β-lactam (4-membered cyclic amide) rings is 1. The van der Waals surface area contributed by atoms with Crippen LogP contribution in [0, 0.1) is 0 Å². The van der Waals surface area contributed by atoms with Gasteiger partial charge in [0, 0.05) is 33.0 Å².